The molecular formula is C13H19N5O2S. The van der Waals surface area contributed by atoms with E-state index in [-0.39, 0.29) is 12.0 Å². The first-order valence-electron chi connectivity index (χ1n) is 6.95. The summed E-state index contributed by atoms with van der Waals surface area (Å²) in [5.74, 6) is 0.102. The van der Waals surface area contributed by atoms with Gasteiger partial charge in [0.2, 0.25) is 5.91 Å². The van der Waals surface area contributed by atoms with E-state index in [0.29, 0.717) is 26.2 Å². The molecule has 0 bridgehead atoms. The molecule has 2 aromatic heterocycles. The molecule has 1 fully saturated rings. The van der Waals surface area contributed by atoms with E-state index in [9.17, 15) is 4.79 Å². The summed E-state index contributed by atoms with van der Waals surface area (Å²) in [5.41, 5.74) is 1.89. The zero-order chi connectivity index (χ0) is 15.0. The molecule has 21 heavy (non-hydrogen) atoms. The molecule has 0 unspecified atom stereocenters. The Kier molecular flexibility index (Phi) is 3.81. The number of hydrogen-bond donors (Lipinski definition) is 1. The third-order valence-electron chi connectivity index (χ3n) is 3.61. The topological polar surface area (TPSA) is 72.3 Å². The van der Waals surface area contributed by atoms with Gasteiger partial charge in [-0.2, -0.15) is 5.10 Å². The summed E-state index contributed by atoms with van der Waals surface area (Å²) in [7, 11) is 1.90. The fraction of sp³-hybridized carbons (Fsp3) is 0.615. The lowest BCUT2D eigenvalue weighted by molar-refractivity contribution is -0.135. The van der Waals surface area contributed by atoms with E-state index < -0.39 is 0 Å². The molecule has 0 radical (unpaired) electrons. The molecule has 1 atom stereocenters. The highest BCUT2D eigenvalue weighted by molar-refractivity contribution is 7.22. The van der Waals surface area contributed by atoms with E-state index in [1.807, 2.05) is 18.9 Å². The van der Waals surface area contributed by atoms with Crippen molar-refractivity contribution in [2.75, 3.05) is 31.6 Å². The smallest absolute Gasteiger partial charge is 0.219 e. The second-order valence-electron chi connectivity index (χ2n) is 5.22. The second kappa shape index (κ2) is 5.61. The fourth-order valence-corrected chi connectivity index (χ4v) is 3.43. The van der Waals surface area contributed by atoms with Gasteiger partial charge in [-0.05, 0) is 6.92 Å². The SMILES string of the molecule is CC(=O)N1CCO[C@H](CNc2nc3c(s2)c(C)nn3C)C1. The fourth-order valence-electron chi connectivity index (χ4n) is 2.49. The van der Waals surface area contributed by atoms with E-state index >= 15 is 0 Å². The number of carbonyl (C=O) groups is 1. The lowest BCUT2D eigenvalue weighted by atomic mass is 10.2. The summed E-state index contributed by atoms with van der Waals surface area (Å²) < 4.78 is 8.59. The largest absolute Gasteiger partial charge is 0.373 e. The number of rotatable bonds is 3. The number of nitrogens with one attached hydrogen (secondary N) is 1. The summed E-state index contributed by atoms with van der Waals surface area (Å²) in [6.45, 7) is 6.13. The van der Waals surface area contributed by atoms with Gasteiger partial charge in [0.15, 0.2) is 10.8 Å². The maximum absolute atomic E-state index is 11.4. The van der Waals surface area contributed by atoms with Crippen LogP contribution in [-0.2, 0) is 16.6 Å². The van der Waals surface area contributed by atoms with Crippen molar-refractivity contribution >= 4 is 32.7 Å². The van der Waals surface area contributed by atoms with Gasteiger partial charge in [0.25, 0.3) is 0 Å². The molecular weight excluding hydrogens is 290 g/mol. The lowest BCUT2D eigenvalue weighted by Gasteiger charge is -2.32. The van der Waals surface area contributed by atoms with Gasteiger partial charge in [-0.3, -0.25) is 4.79 Å². The minimum absolute atomic E-state index is 0.00823. The van der Waals surface area contributed by atoms with E-state index in [0.717, 1.165) is 21.2 Å². The highest BCUT2D eigenvalue weighted by Gasteiger charge is 2.22. The van der Waals surface area contributed by atoms with Crippen LogP contribution >= 0.6 is 11.3 Å². The molecule has 7 nitrogen and oxygen atoms in total. The Balaban J connectivity index is 1.63. The van der Waals surface area contributed by atoms with Crippen LogP contribution < -0.4 is 5.32 Å². The van der Waals surface area contributed by atoms with Crippen molar-refractivity contribution in [2.24, 2.45) is 7.05 Å². The molecule has 0 aliphatic carbocycles. The Morgan fingerprint density at radius 3 is 3.10 bits per heavy atom. The van der Waals surface area contributed by atoms with E-state index in [1.165, 1.54) is 0 Å². The summed E-state index contributed by atoms with van der Waals surface area (Å²) in [4.78, 5) is 17.8. The molecule has 1 saturated heterocycles. The number of nitrogens with zero attached hydrogens (tertiary/aromatic N) is 4. The number of aromatic nitrogens is 3. The predicted molar refractivity (Wildman–Crippen MR) is 81.6 cm³/mol. The molecule has 1 amide bonds. The molecule has 8 heteroatoms. The van der Waals surface area contributed by atoms with Crippen molar-refractivity contribution in [3.05, 3.63) is 5.69 Å². The van der Waals surface area contributed by atoms with E-state index in [1.54, 1.807) is 22.9 Å². The number of amides is 1. The van der Waals surface area contributed by atoms with Gasteiger partial charge in [0, 0.05) is 33.6 Å². The summed E-state index contributed by atoms with van der Waals surface area (Å²) in [6.07, 6.45) is 0.00823. The Labute approximate surface area is 126 Å². The maximum Gasteiger partial charge on any atom is 0.219 e. The van der Waals surface area contributed by atoms with Crippen LogP contribution in [0.15, 0.2) is 0 Å². The van der Waals surface area contributed by atoms with Crippen LogP contribution in [0.25, 0.3) is 10.3 Å². The number of hydrogen-bond acceptors (Lipinski definition) is 6. The molecule has 0 saturated carbocycles. The lowest BCUT2D eigenvalue weighted by Crippen LogP contribution is -2.47. The van der Waals surface area contributed by atoms with Crippen molar-refractivity contribution in [1.82, 2.24) is 19.7 Å². The normalized spacial score (nSPS) is 19.2. The summed E-state index contributed by atoms with van der Waals surface area (Å²) >= 11 is 1.60. The minimum Gasteiger partial charge on any atom is -0.373 e. The van der Waals surface area contributed by atoms with Gasteiger partial charge in [-0.1, -0.05) is 11.3 Å². The number of aryl methyl sites for hydroxylation is 2. The Bertz CT molecular complexity index is 630. The molecule has 0 aromatic carbocycles. The van der Waals surface area contributed by atoms with Crippen molar-refractivity contribution in [3.63, 3.8) is 0 Å². The zero-order valence-corrected chi connectivity index (χ0v) is 13.2. The van der Waals surface area contributed by atoms with Gasteiger partial charge in [-0.15, -0.1) is 0 Å². The highest BCUT2D eigenvalue weighted by Crippen LogP contribution is 2.28. The Morgan fingerprint density at radius 1 is 1.57 bits per heavy atom. The first-order valence-corrected chi connectivity index (χ1v) is 7.77. The average molecular weight is 309 g/mol. The number of ether oxygens (including phenoxy) is 1. The molecule has 114 valence electrons. The summed E-state index contributed by atoms with van der Waals surface area (Å²) in [6, 6.07) is 0. The minimum atomic E-state index is 0.00823. The van der Waals surface area contributed by atoms with Crippen LogP contribution in [0, 0.1) is 6.92 Å². The van der Waals surface area contributed by atoms with E-state index in [4.69, 9.17) is 4.74 Å². The quantitative estimate of drug-likeness (QED) is 0.915. The van der Waals surface area contributed by atoms with Gasteiger partial charge < -0.3 is 15.0 Å². The van der Waals surface area contributed by atoms with Crippen LogP contribution in [0.1, 0.15) is 12.6 Å². The van der Waals surface area contributed by atoms with Crippen molar-refractivity contribution in [3.8, 4) is 0 Å². The van der Waals surface area contributed by atoms with Crippen molar-refractivity contribution < 1.29 is 9.53 Å². The van der Waals surface area contributed by atoms with Crippen LogP contribution in [0.3, 0.4) is 0 Å². The number of fused-ring (bicyclic) bond motifs is 1. The van der Waals surface area contributed by atoms with E-state index in [2.05, 4.69) is 15.4 Å². The first kappa shape index (κ1) is 14.3. The first-order chi connectivity index (χ1) is 10.0. The zero-order valence-electron chi connectivity index (χ0n) is 12.4. The van der Waals surface area contributed by atoms with Crippen molar-refractivity contribution in [2.45, 2.75) is 20.0 Å². The molecule has 3 heterocycles. The van der Waals surface area contributed by atoms with Gasteiger partial charge in [0.05, 0.1) is 23.1 Å². The maximum atomic E-state index is 11.4. The van der Waals surface area contributed by atoms with Crippen LogP contribution in [0.2, 0.25) is 0 Å². The van der Waals surface area contributed by atoms with Gasteiger partial charge >= 0.3 is 0 Å². The number of anilines is 1. The van der Waals surface area contributed by atoms with Crippen LogP contribution in [0.4, 0.5) is 5.13 Å². The third kappa shape index (κ3) is 2.86. The molecule has 1 N–H and O–H groups in total. The summed E-state index contributed by atoms with van der Waals surface area (Å²) in [5, 5.41) is 8.51. The molecule has 0 spiro atoms. The Hall–Kier alpha value is -1.67. The van der Waals surface area contributed by atoms with Crippen LogP contribution in [0.5, 0.6) is 0 Å². The predicted octanol–water partition coefficient (Wildman–Crippen LogP) is 0.997. The van der Waals surface area contributed by atoms with Crippen LogP contribution in [-0.4, -0.2) is 57.9 Å². The molecule has 2 aromatic rings. The number of carbonyl (C=O) groups excluding carboxylic acids is 1. The molecule has 1 aliphatic heterocycles. The van der Waals surface area contributed by atoms with Crippen molar-refractivity contribution in [1.29, 1.82) is 0 Å². The third-order valence-corrected chi connectivity index (χ3v) is 4.72. The van der Waals surface area contributed by atoms with Gasteiger partial charge in [0.1, 0.15) is 0 Å². The number of thiazole rings is 1. The highest BCUT2D eigenvalue weighted by atomic mass is 32.1. The standard InChI is InChI=1S/C13H19N5O2S/c1-8-11-12(17(3)16-8)15-13(21-11)14-6-10-7-18(9(2)19)4-5-20-10/h10H,4-7H2,1-3H3,(H,14,15)/t10-/m1/s1. The Morgan fingerprint density at radius 2 is 2.38 bits per heavy atom. The average Bonchev–Trinajstić information content (AvgIpc) is 2.99. The molecule has 3 rings (SSSR count). The van der Waals surface area contributed by atoms with Gasteiger partial charge in [-0.25, -0.2) is 9.67 Å². The molecule has 1 aliphatic rings. The second-order valence-corrected chi connectivity index (χ2v) is 6.22. The number of morpholine rings is 1. The monoisotopic (exact) mass is 309 g/mol.